The average molecular weight is 326 g/mol. The Kier molecular flexibility index (Phi) is 6.27. The third-order valence-electron chi connectivity index (χ3n) is 3.59. The van der Waals surface area contributed by atoms with Crippen LogP contribution < -0.4 is 5.32 Å². The van der Waals surface area contributed by atoms with E-state index in [0.29, 0.717) is 0 Å². The van der Waals surface area contributed by atoms with Gasteiger partial charge >= 0.3 is 0 Å². The Balaban J connectivity index is 2.22. The quantitative estimate of drug-likeness (QED) is 0.776. The van der Waals surface area contributed by atoms with Crippen LogP contribution in [0.1, 0.15) is 49.5 Å². The van der Waals surface area contributed by atoms with E-state index in [4.69, 9.17) is 11.6 Å². The lowest BCUT2D eigenvalue weighted by atomic mass is 10.1. The van der Waals surface area contributed by atoms with E-state index in [9.17, 15) is 0 Å². The molecule has 0 spiro atoms. The van der Waals surface area contributed by atoms with Crippen LogP contribution in [0.25, 0.3) is 0 Å². The Labute approximate surface area is 136 Å². The molecule has 0 aromatic carbocycles. The van der Waals surface area contributed by atoms with Gasteiger partial charge in [0, 0.05) is 29.6 Å². The summed E-state index contributed by atoms with van der Waals surface area (Å²) in [6, 6.07) is 4.48. The summed E-state index contributed by atoms with van der Waals surface area (Å²) in [6.45, 7) is 8.39. The second-order valence-electron chi connectivity index (χ2n) is 5.14. The normalized spacial score (nSPS) is 12.8. The predicted octanol–water partition coefficient (Wildman–Crippen LogP) is 4.46. The molecule has 1 unspecified atom stereocenters. The highest BCUT2D eigenvalue weighted by Gasteiger charge is 2.18. The Morgan fingerprint density at radius 3 is 2.76 bits per heavy atom. The third-order valence-corrected chi connectivity index (χ3v) is 5.06. The molecule has 0 saturated carbocycles. The van der Waals surface area contributed by atoms with Crippen LogP contribution >= 0.6 is 22.9 Å². The second-order valence-corrected chi connectivity index (χ2v) is 6.49. The minimum absolute atomic E-state index is 0.268. The molecule has 0 aliphatic rings. The molecule has 2 aromatic rings. The van der Waals surface area contributed by atoms with Gasteiger partial charge in [-0.2, -0.15) is 5.10 Å². The number of nitrogens with zero attached hydrogens (tertiary/aromatic N) is 2. The molecule has 0 bridgehead atoms. The molecular weight excluding hydrogens is 302 g/mol. The lowest BCUT2D eigenvalue weighted by molar-refractivity contribution is 0.508. The van der Waals surface area contributed by atoms with Crippen LogP contribution in [0.2, 0.25) is 5.02 Å². The van der Waals surface area contributed by atoms with Gasteiger partial charge in [0.1, 0.15) is 0 Å². The maximum atomic E-state index is 6.33. The van der Waals surface area contributed by atoms with Gasteiger partial charge in [-0.3, -0.25) is 4.68 Å². The van der Waals surface area contributed by atoms with Crippen LogP contribution in [0.4, 0.5) is 0 Å². The third kappa shape index (κ3) is 4.09. The van der Waals surface area contributed by atoms with Gasteiger partial charge in [0.2, 0.25) is 0 Å². The smallest absolute Gasteiger partial charge is 0.0624 e. The van der Waals surface area contributed by atoms with E-state index in [1.54, 1.807) is 11.3 Å². The van der Waals surface area contributed by atoms with Crippen molar-refractivity contribution in [2.45, 2.75) is 52.6 Å². The number of aromatic nitrogens is 2. The molecule has 5 heteroatoms. The van der Waals surface area contributed by atoms with Crippen molar-refractivity contribution >= 4 is 22.9 Å². The molecule has 0 aliphatic heterocycles. The van der Waals surface area contributed by atoms with Crippen LogP contribution in [0.15, 0.2) is 17.5 Å². The zero-order chi connectivity index (χ0) is 15.2. The first kappa shape index (κ1) is 16.5. The summed E-state index contributed by atoms with van der Waals surface area (Å²) in [4.78, 5) is 1.23. The molecule has 3 nitrogen and oxygen atoms in total. The lowest BCUT2D eigenvalue weighted by Gasteiger charge is -2.18. The number of hydrogen-bond donors (Lipinski definition) is 1. The standard InChI is InChI=1S/C16H24ClN3S/c1-4-8-18-15(16-14(17)7-9-21-16)11-13-10-12(5-2)19-20(13)6-3/h7,9-10,15,18H,4-6,8,11H2,1-3H3. The van der Waals surface area contributed by atoms with Crippen molar-refractivity contribution in [3.63, 3.8) is 0 Å². The highest BCUT2D eigenvalue weighted by molar-refractivity contribution is 7.10. The lowest BCUT2D eigenvalue weighted by Crippen LogP contribution is -2.24. The first-order valence-corrected chi connectivity index (χ1v) is 8.97. The summed E-state index contributed by atoms with van der Waals surface area (Å²) in [5.74, 6) is 0. The molecule has 0 aliphatic carbocycles. The van der Waals surface area contributed by atoms with E-state index >= 15 is 0 Å². The minimum atomic E-state index is 0.268. The number of aryl methyl sites for hydroxylation is 2. The van der Waals surface area contributed by atoms with Crippen molar-refractivity contribution < 1.29 is 0 Å². The summed E-state index contributed by atoms with van der Waals surface area (Å²) in [5.41, 5.74) is 2.45. The predicted molar refractivity (Wildman–Crippen MR) is 91.3 cm³/mol. The van der Waals surface area contributed by atoms with Crippen LogP contribution in [0.5, 0.6) is 0 Å². The van der Waals surface area contributed by atoms with E-state index in [2.05, 4.69) is 47.3 Å². The fourth-order valence-corrected chi connectivity index (χ4v) is 3.73. The minimum Gasteiger partial charge on any atom is -0.309 e. The molecule has 0 amide bonds. The van der Waals surface area contributed by atoms with Gasteiger partial charge in [-0.15, -0.1) is 11.3 Å². The highest BCUT2D eigenvalue weighted by atomic mass is 35.5. The van der Waals surface area contributed by atoms with Crippen molar-refractivity contribution in [2.24, 2.45) is 0 Å². The molecule has 0 fully saturated rings. The highest BCUT2D eigenvalue weighted by Crippen LogP contribution is 2.31. The molecular formula is C16H24ClN3S. The summed E-state index contributed by atoms with van der Waals surface area (Å²) in [7, 11) is 0. The van der Waals surface area contributed by atoms with Gasteiger partial charge in [-0.05, 0) is 43.8 Å². The van der Waals surface area contributed by atoms with E-state index in [-0.39, 0.29) is 6.04 Å². The molecule has 21 heavy (non-hydrogen) atoms. The van der Waals surface area contributed by atoms with Crippen molar-refractivity contribution in [3.8, 4) is 0 Å². The Morgan fingerprint density at radius 2 is 2.19 bits per heavy atom. The summed E-state index contributed by atoms with van der Waals surface area (Å²) >= 11 is 8.06. The zero-order valence-electron chi connectivity index (χ0n) is 13.0. The first-order valence-electron chi connectivity index (χ1n) is 7.71. The number of thiophene rings is 1. The zero-order valence-corrected chi connectivity index (χ0v) is 14.6. The molecule has 1 atom stereocenters. The van der Waals surface area contributed by atoms with Gasteiger partial charge in [-0.25, -0.2) is 0 Å². The molecule has 1 N–H and O–H groups in total. The SMILES string of the molecule is CCCNC(Cc1cc(CC)nn1CC)c1sccc1Cl. The molecule has 116 valence electrons. The van der Waals surface area contributed by atoms with E-state index in [1.807, 2.05) is 6.07 Å². The van der Waals surface area contributed by atoms with E-state index in [0.717, 1.165) is 37.4 Å². The van der Waals surface area contributed by atoms with Crippen LogP contribution in [-0.4, -0.2) is 16.3 Å². The van der Waals surface area contributed by atoms with E-state index < -0.39 is 0 Å². The van der Waals surface area contributed by atoms with Gasteiger partial charge in [0.25, 0.3) is 0 Å². The maximum Gasteiger partial charge on any atom is 0.0624 e. The van der Waals surface area contributed by atoms with Crippen LogP contribution in [-0.2, 0) is 19.4 Å². The first-order chi connectivity index (χ1) is 10.2. The Hall–Kier alpha value is -0.840. The number of halogens is 1. The fraction of sp³-hybridized carbons (Fsp3) is 0.562. The van der Waals surface area contributed by atoms with Crippen molar-refractivity contribution in [3.05, 3.63) is 38.8 Å². The number of rotatable bonds is 8. The fourth-order valence-electron chi connectivity index (χ4n) is 2.47. The van der Waals surface area contributed by atoms with Crippen LogP contribution in [0.3, 0.4) is 0 Å². The monoisotopic (exact) mass is 325 g/mol. The largest absolute Gasteiger partial charge is 0.309 e. The summed E-state index contributed by atoms with van der Waals surface area (Å²) in [6.07, 6.45) is 3.03. The summed E-state index contributed by atoms with van der Waals surface area (Å²) < 4.78 is 2.11. The number of nitrogens with one attached hydrogen (secondary N) is 1. The van der Waals surface area contributed by atoms with Gasteiger partial charge in [0.05, 0.1) is 10.7 Å². The molecule has 0 radical (unpaired) electrons. The Bertz CT molecular complexity index is 562. The van der Waals surface area contributed by atoms with Gasteiger partial charge in [-0.1, -0.05) is 25.4 Å². The Morgan fingerprint density at radius 1 is 1.38 bits per heavy atom. The van der Waals surface area contributed by atoms with Gasteiger partial charge < -0.3 is 5.32 Å². The molecule has 2 aromatic heterocycles. The molecule has 2 heterocycles. The summed E-state index contributed by atoms with van der Waals surface area (Å²) in [5, 5.41) is 11.2. The topological polar surface area (TPSA) is 29.9 Å². The second kappa shape index (κ2) is 7.97. The van der Waals surface area contributed by atoms with Crippen molar-refractivity contribution in [2.75, 3.05) is 6.54 Å². The maximum absolute atomic E-state index is 6.33. The molecule has 0 saturated heterocycles. The van der Waals surface area contributed by atoms with Crippen molar-refractivity contribution in [1.29, 1.82) is 0 Å². The molecule has 2 rings (SSSR count). The van der Waals surface area contributed by atoms with E-state index in [1.165, 1.54) is 16.3 Å². The average Bonchev–Trinajstić information content (AvgIpc) is 3.09. The van der Waals surface area contributed by atoms with Crippen LogP contribution in [0, 0.1) is 0 Å². The van der Waals surface area contributed by atoms with Gasteiger partial charge in [0.15, 0.2) is 0 Å². The van der Waals surface area contributed by atoms with Crippen molar-refractivity contribution in [1.82, 2.24) is 15.1 Å². The number of hydrogen-bond acceptors (Lipinski definition) is 3.